The Hall–Kier alpha value is -3.20. The molecule has 0 saturated heterocycles. The van der Waals surface area contributed by atoms with Crippen LogP contribution < -0.4 is 5.32 Å². The summed E-state index contributed by atoms with van der Waals surface area (Å²) in [6.45, 7) is -1.23. The SMILES string of the molecule is O=C(NCc1cccnc1-n1cccn1)c1ccc(COCC(F)(F)F)cc1. The largest absolute Gasteiger partial charge is 0.411 e. The Morgan fingerprint density at radius 3 is 2.57 bits per heavy atom. The molecule has 0 radical (unpaired) electrons. The molecule has 1 aromatic carbocycles. The molecule has 0 aliphatic rings. The number of amides is 1. The fourth-order valence-corrected chi connectivity index (χ4v) is 2.48. The zero-order valence-corrected chi connectivity index (χ0v) is 14.7. The molecule has 0 aliphatic heterocycles. The first-order chi connectivity index (χ1) is 13.4. The molecular formula is C19H17F3N4O2. The van der Waals surface area contributed by atoms with E-state index < -0.39 is 12.8 Å². The highest BCUT2D eigenvalue weighted by molar-refractivity contribution is 5.94. The van der Waals surface area contributed by atoms with E-state index in [4.69, 9.17) is 0 Å². The van der Waals surface area contributed by atoms with Gasteiger partial charge in [-0.1, -0.05) is 18.2 Å². The number of nitrogens with one attached hydrogen (secondary N) is 1. The molecule has 0 saturated carbocycles. The van der Waals surface area contributed by atoms with Crippen molar-refractivity contribution in [1.82, 2.24) is 20.1 Å². The fraction of sp³-hybridized carbons (Fsp3) is 0.211. The van der Waals surface area contributed by atoms with E-state index in [0.29, 0.717) is 16.9 Å². The number of pyridine rings is 1. The molecule has 1 amide bonds. The van der Waals surface area contributed by atoms with E-state index in [0.717, 1.165) is 5.56 Å². The predicted octanol–water partition coefficient (Wildman–Crippen LogP) is 3.28. The number of aromatic nitrogens is 3. The third kappa shape index (κ3) is 5.40. The third-order valence-corrected chi connectivity index (χ3v) is 3.78. The van der Waals surface area contributed by atoms with E-state index in [-0.39, 0.29) is 19.1 Å². The van der Waals surface area contributed by atoms with E-state index >= 15 is 0 Å². The third-order valence-electron chi connectivity index (χ3n) is 3.78. The Balaban J connectivity index is 1.57. The molecule has 0 bridgehead atoms. The van der Waals surface area contributed by atoms with Crippen LogP contribution in [0.1, 0.15) is 21.5 Å². The molecule has 1 N–H and O–H groups in total. The molecule has 0 unspecified atom stereocenters. The zero-order valence-electron chi connectivity index (χ0n) is 14.7. The summed E-state index contributed by atoms with van der Waals surface area (Å²) in [5.41, 5.74) is 1.73. The van der Waals surface area contributed by atoms with Crippen LogP contribution in [0.15, 0.2) is 61.1 Å². The smallest absolute Gasteiger partial charge is 0.367 e. The van der Waals surface area contributed by atoms with E-state index in [1.165, 1.54) is 0 Å². The number of rotatable bonds is 7. The van der Waals surface area contributed by atoms with Crippen LogP contribution in [-0.2, 0) is 17.9 Å². The maximum absolute atomic E-state index is 12.3. The second-order valence-electron chi connectivity index (χ2n) is 5.92. The van der Waals surface area contributed by atoms with E-state index in [9.17, 15) is 18.0 Å². The number of carbonyl (C=O) groups excluding carboxylic acids is 1. The lowest BCUT2D eigenvalue weighted by atomic mass is 10.1. The molecule has 0 spiro atoms. The average molecular weight is 390 g/mol. The minimum absolute atomic E-state index is 0.176. The van der Waals surface area contributed by atoms with Crippen LogP contribution in [0.2, 0.25) is 0 Å². The molecule has 6 nitrogen and oxygen atoms in total. The summed E-state index contributed by atoms with van der Waals surface area (Å²) in [4.78, 5) is 16.6. The van der Waals surface area contributed by atoms with Crippen LogP contribution in [0.5, 0.6) is 0 Å². The highest BCUT2D eigenvalue weighted by Crippen LogP contribution is 2.16. The van der Waals surface area contributed by atoms with Gasteiger partial charge in [0.05, 0.1) is 6.61 Å². The summed E-state index contributed by atoms with van der Waals surface area (Å²) in [6.07, 6.45) is 0.674. The van der Waals surface area contributed by atoms with Crippen LogP contribution >= 0.6 is 0 Å². The number of benzene rings is 1. The van der Waals surface area contributed by atoms with Crippen LogP contribution in [-0.4, -0.2) is 33.5 Å². The lowest BCUT2D eigenvalue weighted by Gasteiger charge is -2.10. The summed E-state index contributed by atoms with van der Waals surface area (Å²) in [7, 11) is 0. The Kier molecular flexibility index (Phi) is 6.05. The number of alkyl halides is 3. The first kappa shape index (κ1) is 19.6. The van der Waals surface area contributed by atoms with Crippen molar-refractivity contribution < 1.29 is 22.7 Å². The maximum Gasteiger partial charge on any atom is 0.411 e. The number of carbonyl (C=O) groups is 1. The van der Waals surface area contributed by atoms with Crippen molar-refractivity contribution in [3.05, 3.63) is 77.7 Å². The monoisotopic (exact) mass is 390 g/mol. The molecule has 3 aromatic rings. The van der Waals surface area contributed by atoms with Crippen molar-refractivity contribution in [3.63, 3.8) is 0 Å². The molecule has 3 rings (SSSR count). The van der Waals surface area contributed by atoms with Crippen molar-refractivity contribution >= 4 is 5.91 Å². The zero-order chi connectivity index (χ0) is 20.0. The van der Waals surface area contributed by atoms with Gasteiger partial charge >= 0.3 is 6.18 Å². The molecule has 0 aliphatic carbocycles. The van der Waals surface area contributed by atoms with Crippen molar-refractivity contribution in [2.75, 3.05) is 6.61 Å². The van der Waals surface area contributed by atoms with Crippen LogP contribution in [0.4, 0.5) is 13.2 Å². The minimum atomic E-state index is -4.36. The van der Waals surface area contributed by atoms with Gasteiger partial charge in [0.15, 0.2) is 5.82 Å². The van der Waals surface area contributed by atoms with Gasteiger partial charge in [0, 0.05) is 36.3 Å². The van der Waals surface area contributed by atoms with E-state index in [2.05, 4.69) is 20.1 Å². The highest BCUT2D eigenvalue weighted by atomic mass is 19.4. The summed E-state index contributed by atoms with van der Waals surface area (Å²) >= 11 is 0. The van der Waals surface area contributed by atoms with Crippen LogP contribution in [0.25, 0.3) is 5.82 Å². The van der Waals surface area contributed by atoms with Crippen LogP contribution in [0, 0.1) is 0 Å². The minimum Gasteiger partial charge on any atom is -0.367 e. The Bertz CT molecular complexity index is 910. The van der Waals surface area contributed by atoms with E-state index in [1.54, 1.807) is 59.7 Å². The van der Waals surface area contributed by atoms with Crippen molar-refractivity contribution in [3.8, 4) is 5.82 Å². The summed E-state index contributed by atoms with van der Waals surface area (Å²) < 4.78 is 42.5. The molecule has 0 fully saturated rings. The normalized spacial score (nSPS) is 11.4. The molecule has 2 aromatic heterocycles. The molecule has 0 atom stereocenters. The quantitative estimate of drug-likeness (QED) is 0.672. The van der Waals surface area contributed by atoms with Crippen LogP contribution in [0.3, 0.4) is 0 Å². The van der Waals surface area contributed by atoms with Gasteiger partial charge in [-0.3, -0.25) is 4.79 Å². The predicted molar refractivity (Wildman–Crippen MR) is 94.7 cm³/mol. The molecule has 2 heterocycles. The lowest BCUT2D eigenvalue weighted by molar-refractivity contribution is -0.176. The number of hydrogen-bond donors (Lipinski definition) is 1. The van der Waals surface area contributed by atoms with Crippen molar-refractivity contribution in [2.24, 2.45) is 0 Å². The van der Waals surface area contributed by atoms with Gasteiger partial charge in [0.25, 0.3) is 5.91 Å². The van der Waals surface area contributed by atoms with Gasteiger partial charge in [-0.15, -0.1) is 0 Å². The fourth-order valence-electron chi connectivity index (χ4n) is 2.48. The second kappa shape index (κ2) is 8.66. The number of halogens is 3. The number of hydrogen-bond acceptors (Lipinski definition) is 4. The Morgan fingerprint density at radius 2 is 1.89 bits per heavy atom. The van der Waals surface area contributed by atoms with Gasteiger partial charge in [-0.2, -0.15) is 18.3 Å². The maximum atomic E-state index is 12.3. The standard InChI is InChI=1S/C19H17F3N4O2/c20-19(21,22)13-28-12-14-4-6-15(7-5-14)18(27)24-11-16-3-1-8-23-17(16)26-10-2-9-25-26/h1-10H,11-13H2,(H,24,27). The van der Waals surface area contributed by atoms with Crippen molar-refractivity contribution in [1.29, 1.82) is 0 Å². The lowest BCUT2D eigenvalue weighted by Crippen LogP contribution is -2.23. The number of ether oxygens (including phenoxy) is 1. The molecule has 9 heteroatoms. The summed E-state index contributed by atoms with van der Waals surface area (Å²) in [5, 5.41) is 6.94. The van der Waals surface area contributed by atoms with E-state index in [1.807, 2.05) is 6.07 Å². The van der Waals surface area contributed by atoms with Gasteiger partial charge in [0.2, 0.25) is 0 Å². The Labute approximate surface area is 159 Å². The van der Waals surface area contributed by atoms with Gasteiger partial charge in [-0.05, 0) is 29.8 Å². The average Bonchev–Trinajstić information content (AvgIpc) is 3.20. The van der Waals surface area contributed by atoms with Gasteiger partial charge < -0.3 is 10.1 Å². The van der Waals surface area contributed by atoms with Gasteiger partial charge in [-0.25, -0.2) is 9.67 Å². The number of nitrogens with zero attached hydrogens (tertiary/aromatic N) is 3. The second-order valence-corrected chi connectivity index (χ2v) is 5.92. The first-order valence-corrected chi connectivity index (χ1v) is 8.38. The summed E-state index contributed by atoms with van der Waals surface area (Å²) in [5.74, 6) is 0.308. The van der Waals surface area contributed by atoms with Gasteiger partial charge in [0.1, 0.15) is 6.61 Å². The Morgan fingerprint density at radius 1 is 1.11 bits per heavy atom. The topological polar surface area (TPSA) is 69.0 Å². The first-order valence-electron chi connectivity index (χ1n) is 8.38. The van der Waals surface area contributed by atoms with Crippen molar-refractivity contribution in [2.45, 2.75) is 19.3 Å². The molecular weight excluding hydrogens is 373 g/mol. The molecule has 146 valence electrons. The summed E-state index contributed by atoms with van der Waals surface area (Å²) in [6, 6.07) is 11.6. The highest BCUT2D eigenvalue weighted by Gasteiger charge is 2.27. The molecule has 28 heavy (non-hydrogen) atoms.